The molecule has 28 heteroatoms. The molecule has 0 aliphatic rings. The SMILES string of the molecule is C.C.C.C.CC(C)(C)OC(=O)NCCCNCCCCNCCCN.NCCCNCCCCNCCCN.NCCCNCCCCNCCCNS(=O)(=O)c1ccc2cc(S(=O)[O-])ccc2c1.O=S(=O)(Cl)c1ccc2cc(S(=O)(=O)Cl)ccc2c1. The number of nitrogens with two attached hydrogens (primary N) is 4. The van der Waals surface area contributed by atoms with Gasteiger partial charge >= 0.3 is 6.09 Å². The molecule has 0 heterocycles. The van der Waals surface area contributed by atoms with Crippen molar-refractivity contribution < 1.29 is 43.5 Å². The number of carbonyl (C=O) groups is 1. The molecule has 0 bridgehead atoms. The third-order valence-electron chi connectivity index (χ3n) is 11.8. The van der Waals surface area contributed by atoms with Crippen molar-refractivity contribution in [3.8, 4) is 0 Å². The fourth-order valence-corrected chi connectivity index (χ4v) is 10.4. The molecule has 22 nitrogen and oxygen atoms in total. The van der Waals surface area contributed by atoms with Crippen molar-refractivity contribution in [1.29, 1.82) is 0 Å². The summed E-state index contributed by atoms with van der Waals surface area (Å²) >= 11 is -2.31. The lowest BCUT2D eigenvalue weighted by molar-refractivity contribution is 0.0527. The van der Waals surface area contributed by atoms with E-state index < -0.39 is 44.8 Å². The normalized spacial score (nSPS) is 11.6. The van der Waals surface area contributed by atoms with Gasteiger partial charge in [-0.15, -0.1) is 0 Å². The fourth-order valence-electron chi connectivity index (χ4n) is 7.36. The number of sulfonamides is 1. The van der Waals surface area contributed by atoms with Gasteiger partial charge in [0.15, 0.2) is 0 Å². The van der Waals surface area contributed by atoms with E-state index in [2.05, 4.69) is 41.9 Å². The van der Waals surface area contributed by atoms with E-state index in [-0.39, 0.29) is 55.4 Å². The summed E-state index contributed by atoms with van der Waals surface area (Å²) in [5.74, 6) is 0. The summed E-state index contributed by atoms with van der Waals surface area (Å²) in [7, 11) is -0.781. The van der Waals surface area contributed by atoms with Crippen molar-refractivity contribution in [3.05, 3.63) is 72.8 Å². The Morgan fingerprint density at radius 1 is 0.448 bits per heavy atom. The van der Waals surface area contributed by atoms with Gasteiger partial charge in [-0.3, -0.25) is 4.21 Å². The van der Waals surface area contributed by atoms with Crippen LogP contribution in [-0.2, 0) is 43.9 Å². The molecule has 87 heavy (non-hydrogen) atoms. The molecule has 0 aromatic heterocycles. The molecule has 0 spiro atoms. The summed E-state index contributed by atoms with van der Waals surface area (Å²) in [6.07, 6.45) is 12.4. The smallest absolute Gasteiger partial charge is 0.407 e. The number of benzene rings is 4. The highest BCUT2D eigenvalue weighted by atomic mass is 35.7. The minimum absolute atomic E-state index is 0. The molecule has 0 saturated heterocycles. The van der Waals surface area contributed by atoms with Crippen LogP contribution in [0.1, 0.15) is 128 Å². The van der Waals surface area contributed by atoms with E-state index in [0.717, 1.165) is 150 Å². The number of unbranched alkanes of at least 4 members (excludes halogenated alkanes) is 3. The Kier molecular flexibility index (Phi) is 55.4. The molecular formula is C59H113Cl2N12O10S4-. The topological polar surface area (TPSA) is 369 Å². The van der Waals surface area contributed by atoms with E-state index in [4.69, 9.17) is 49.0 Å². The van der Waals surface area contributed by atoms with Crippen LogP contribution in [0.25, 0.3) is 21.5 Å². The van der Waals surface area contributed by atoms with Crippen molar-refractivity contribution in [2.45, 2.75) is 153 Å². The first-order chi connectivity index (χ1) is 39.5. The molecule has 1 atom stereocenters. The number of nitrogens with one attached hydrogen (secondary N) is 8. The van der Waals surface area contributed by atoms with Gasteiger partial charge in [-0.25, -0.2) is 34.8 Å². The van der Waals surface area contributed by atoms with Crippen molar-refractivity contribution in [3.63, 3.8) is 0 Å². The predicted octanol–water partition coefficient (Wildman–Crippen LogP) is 7.15. The van der Waals surface area contributed by atoms with Gasteiger partial charge in [-0.05, 0) is 284 Å². The Hall–Kier alpha value is -3.23. The number of carbonyl (C=O) groups excluding carboxylic acids is 1. The summed E-state index contributed by atoms with van der Waals surface area (Å²) in [4.78, 5) is 11.6. The highest BCUT2D eigenvalue weighted by molar-refractivity contribution is 8.14. The largest absolute Gasteiger partial charge is 0.768 e. The number of amides is 1. The standard InChI is InChI=1S/C20H32N4O4S2.C15H34N4O2.C10H6Cl2O4S2.C10H26N4.4CH4/c21-9-3-12-22-10-1-2-11-23-13-4-14-24-30(27,28)20-8-6-17-15-19(29(25)26)7-5-18(17)16-20;1-15(2,3)21-14(20)19-13-7-12-18-10-5-4-9-17-11-6-8-16;11-17(13,14)9-3-1-7-5-10(18(12,15)16)4-2-8(7)6-9;11-5-3-9-13-7-1-2-8-14-10-4-6-12;;;;/h5-8,15-16,22-24H,1-4,9-14,21H2,(H,25,26);17-18H,4-13,16H2,1-3H3,(H,19,20);1-6H;13-14H,1-12H2;4*1H4/p-1. The van der Waals surface area contributed by atoms with E-state index >= 15 is 0 Å². The second kappa shape index (κ2) is 53.4. The zero-order valence-corrected chi connectivity index (χ0v) is 53.7. The number of hydrogen-bond donors (Lipinski definition) is 12. The minimum atomic E-state index is -3.80. The van der Waals surface area contributed by atoms with Crippen LogP contribution in [0.5, 0.6) is 0 Å². The zero-order chi connectivity index (χ0) is 61.8. The van der Waals surface area contributed by atoms with Crippen LogP contribution in [0.2, 0.25) is 0 Å². The second-order valence-corrected chi connectivity index (χ2v) is 28.0. The minimum Gasteiger partial charge on any atom is -0.768 e. The summed E-state index contributed by atoms with van der Waals surface area (Å²) in [5.41, 5.74) is 21.2. The lowest BCUT2D eigenvalue weighted by Gasteiger charge is -2.19. The number of alkyl carbamates (subject to hydrolysis) is 1. The molecule has 508 valence electrons. The highest BCUT2D eigenvalue weighted by Crippen LogP contribution is 2.26. The average molecular weight is 1350 g/mol. The molecular weight excluding hydrogens is 1240 g/mol. The third kappa shape index (κ3) is 46.5. The van der Waals surface area contributed by atoms with Crippen LogP contribution < -0.4 is 64.9 Å². The molecule has 0 aliphatic heterocycles. The van der Waals surface area contributed by atoms with E-state index in [1.165, 1.54) is 73.9 Å². The van der Waals surface area contributed by atoms with Gasteiger partial charge in [0.1, 0.15) is 5.60 Å². The monoisotopic (exact) mass is 1350 g/mol. The van der Waals surface area contributed by atoms with Crippen LogP contribution in [0.15, 0.2) is 92.4 Å². The first-order valence-electron chi connectivity index (χ1n) is 28.6. The number of fused-ring (bicyclic) bond motifs is 2. The van der Waals surface area contributed by atoms with Gasteiger partial charge in [0.2, 0.25) is 10.0 Å². The van der Waals surface area contributed by atoms with E-state index in [1.807, 2.05) is 20.8 Å². The number of hydrogen-bond acceptors (Lipinski definition) is 20. The predicted molar refractivity (Wildman–Crippen MR) is 366 cm³/mol. The van der Waals surface area contributed by atoms with Crippen molar-refractivity contribution in [1.82, 2.24) is 41.9 Å². The van der Waals surface area contributed by atoms with Crippen LogP contribution in [0, 0.1) is 0 Å². The first kappa shape index (κ1) is 90.2. The molecule has 0 saturated carbocycles. The average Bonchev–Trinajstić information content (AvgIpc) is 2.42. The van der Waals surface area contributed by atoms with E-state index in [1.54, 1.807) is 18.2 Å². The maximum Gasteiger partial charge on any atom is 0.407 e. The molecule has 16 N–H and O–H groups in total. The van der Waals surface area contributed by atoms with Crippen LogP contribution in [0.3, 0.4) is 0 Å². The maximum absolute atomic E-state index is 12.5. The molecule has 0 aliphatic carbocycles. The Morgan fingerprint density at radius 3 is 1.06 bits per heavy atom. The van der Waals surface area contributed by atoms with Gasteiger partial charge in [0.05, 0.1) is 14.7 Å². The van der Waals surface area contributed by atoms with Crippen LogP contribution in [0.4, 0.5) is 4.79 Å². The third-order valence-corrected chi connectivity index (χ3v) is 16.6. The summed E-state index contributed by atoms with van der Waals surface area (Å²) < 4.78 is 99.4. The second-order valence-electron chi connectivity index (χ2n) is 20.2. The molecule has 1 unspecified atom stereocenters. The summed E-state index contributed by atoms with van der Waals surface area (Å²) in [6, 6.07) is 17.5. The Balaban J connectivity index is -0.000000540. The van der Waals surface area contributed by atoms with Gasteiger partial charge in [-0.2, -0.15) is 0 Å². The Labute approximate surface area is 536 Å². The molecule has 4 rings (SSSR count). The van der Waals surface area contributed by atoms with E-state index in [0.29, 0.717) is 47.6 Å². The van der Waals surface area contributed by atoms with Crippen molar-refractivity contribution in [2.75, 3.05) is 118 Å². The first-order valence-corrected chi connectivity index (χ1v) is 35.7. The fraction of sp³-hybridized carbons (Fsp3) is 0.644. The lowest BCUT2D eigenvalue weighted by Crippen LogP contribution is -2.34. The van der Waals surface area contributed by atoms with Crippen molar-refractivity contribution >= 4 is 88.2 Å². The molecule has 4 aromatic rings. The zero-order valence-electron chi connectivity index (χ0n) is 48.9. The number of rotatable bonds is 40. The lowest BCUT2D eigenvalue weighted by atomic mass is 10.1. The Morgan fingerprint density at radius 2 is 0.736 bits per heavy atom. The van der Waals surface area contributed by atoms with Crippen molar-refractivity contribution in [2.24, 2.45) is 22.9 Å². The molecule has 0 fully saturated rings. The van der Waals surface area contributed by atoms with Gasteiger partial charge in [-0.1, -0.05) is 54.0 Å². The highest BCUT2D eigenvalue weighted by Gasteiger charge is 2.17. The molecule has 4 aromatic carbocycles. The van der Waals surface area contributed by atoms with Crippen LogP contribution >= 0.6 is 21.4 Å². The number of ether oxygens (including phenoxy) is 1. The van der Waals surface area contributed by atoms with Crippen LogP contribution in [-0.4, -0.2) is 164 Å². The summed E-state index contributed by atoms with van der Waals surface area (Å²) in [5, 5.41) is 25.3. The maximum atomic E-state index is 12.5. The molecule has 1 amide bonds. The quantitative estimate of drug-likeness (QED) is 0.0119. The number of halogens is 2. The van der Waals surface area contributed by atoms with E-state index in [9.17, 15) is 38.8 Å². The summed E-state index contributed by atoms with van der Waals surface area (Å²) in [6.45, 7) is 21.5. The van der Waals surface area contributed by atoms with Gasteiger partial charge < -0.3 is 69.4 Å². The molecule has 0 radical (unpaired) electrons. The van der Waals surface area contributed by atoms with Gasteiger partial charge in [0, 0.05) is 39.3 Å². The van der Waals surface area contributed by atoms with Gasteiger partial charge in [0.25, 0.3) is 18.1 Å². The Bertz CT molecular complexity index is 2670.